The predicted octanol–water partition coefficient (Wildman–Crippen LogP) is 2.31. The van der Waals surface area contributed by atoms with E-state index in [0.29, 0.717) is 12.1 Å². The molecule has 0 aromatic heterocycles. The first-order valence-electron chi connectivity index (χ1n) is 10.5. The van der Waals surface area contributed by atoms with Gasteiger partial charge >= 0.3 is 0 Å². The molecule has 0 aromatic rings. The Balaban J connectivity index is 0.00000676. The Morgan fingerprint density at radius 1 is 0.926 bits per heavy atom. The molecule has 0 radical (unpaired) electrons. The van der Waals surface area contributed by atoms with Crippen LogP contribution in [0.25, 0.3) is 0 Å². The fraction of sp³-hybridized carbons (Fsp3) is 0.950. The topological polar surface area (TPSA) is 46.1 Å². The molecule has 0 bridgehead atoms. The third kappa shape index (κ3) is 12.1. The van der Waals surface area contributed by atoms with Crippen LogP contribution in [-0.2, 0) is 0 Å². The third-order valence-electron chi connectivity index (χ3n) is 5.23. The summed E-state index contributed by atoms with van der Waals surface area (Å²) in [5.74, 6) is 0.935. The number of hydrogen-bond donors (Lipinski definition) is 2. The van der Waals surface area contributed by atoms with Crippen LogP contribution >= 0.6 is 24.0 Å². The van der Waals surface area contributed by atoms with Gasteiger partial charge in [0.1, 0.15) is 0 Å². The minimum atomic E-state index is 0. The number of likely N-dealkylation sites (N-methyl/N-ethyl adjacent to an activating group) is 1. The van der Waals surface area contributed by atoms with Crippen molar-refractivity contribution >= 4 is 29.9 Å². The van der Waals surface area contributed by atoms with Crippen LogP contribution < -0.4 is 10.6 Å². The molecule has 0 saturated carbocycles. The van der Waals surface area contributed by atoms with Crippen LogP contribution in [0.15, 0.2) is 4.99 Å². The van der Waals surface area contributed by atoms with Crippen LogP contribution in [-0.4, -0.2) is 99.2 Å². The van der Waals surface area contributed by atoms with Gasteiger partial charge in [0, 0.05) is 64.9 Å². The van der Waals surface area contributed by atoms with Gasteiger partial charge in [0.05, 0.1) is 0 Å². The zero-order valence-electron chi connectivity index (χ0n) is 18.6. The fourth-order valence-electron chi connectivity index (χ4n) is 3.54. The summed E-state index contributed by atoms with van der Waals surface area (Å²) in [4.78, 5) is 11.9. The molecule has 6 nitrogen and oxygen atoms in total. The van der Waals surface area contributed by atoms with Crippen molar-refractivity contribution in [1.82, 2.24) is 25.3 Å². The first-order valence-corrected chi connectivity index (χ1v) is 10.5. The molecule has 0 atom stereocenters. The Morgan fingerprint density at radius 2 is 1.48 bits per heavy atom. The molecule has 0 unspecified atom stereocenters. The highest BCUT2D eigenvalue weighted by Crippen LogP contribution is 2.05. The Bertz CT molecular complexity index is 373. The molecule has 0 aromatic carbocycles. The molecule has 1 heterocycles. The van der Waals surface area contributed by atoms with Crippen LogP contribution in [0.2, 0.25) is 0 Å². The largest absolute Gasteiger partial charge is 0.356 e. The number of piperazine rings is 1. The first-order chi connectivity index (χ1) is 12.4. The minimum absolute atomic E-state index is 0. The smallest absolute Gasteiger partial charge is 0.190 e. The van der Waals surface area contributed by atoms with Gasteiger partial charge in [0.15, 0.2) is 5.96 Å². The maximum atomic E-state index is 4.34. The van der Waals surface area contributed by atoms with Gasteiger partial charge in [-0.25, -0.2) is 0 Å². The molecule has 0 spiro atoms. The summed E-state index contributed by atoms with van der Waals surface area (Å²) in [5, 5.41) is 6.89. The summed E-state index contributed by atoms with van der Waals surface area (Å²) in [6, 6.07) is 1.21. The van der Waals surface area contributed by atoms with Crippen molar-refractivity contribution in [2.24, 2.45) is 4.99 Å². The van der Waals surface area contributed by atoms with E-state index in [0.717, 1.165) is 32.0 Å². The molecule has 27 heavy (non-hydrogen) atoms. The zero-order chi connectivity index (χ0) is 19.4. The number of rotatable bonds is 11. The Labute approximate surface area is 185 Å². The van der Waals surface area contributed by atoms with E-state index in [1.807, 2.05) is 7.05 Å². The highest BCUT2D eigenvalue weighted by Gasteiger charge is 2.13. The average Bonchev–Trinajstić information content (AvgIpc) is 2.60. The summed E-state index contributed by atoms with van der Waals surface area (Å²) in [6.07, 6.45) is 3.59. The van der Waals surface area contributed by atoms with Gasteiger partial charge in [-0.15, -0.1) is 24.0 Å². The van der Waals surface area contributed by atoms with Crippen molar-refractivity contribution in [2.75, 3.05) is 66.5 Å². The number of hydrogen-bond acceptors (Lipinski definition) is 4. The van der Waals surface area contributed by atoms with Gasteiger partial charge in [-0.05, 0) is 60.5 Å². The number of guanidine groups is 1. The number of unbranched alkanes of at least 4 members (excludes halogenated alkanes) is 1. The Kier molecular flexibility index (Phi) is 15.7. The van der Waals surface area contributed by atoms with Crippen molar-refractivity contribution < 1.29 is 0 Å². The van der Waals surface area contributed by atoms with Crippen molar-refractivity contribution in [3.8, 4) is 0 Å². The molecule has 1 aliphatic heterocycles. The number of halogens is 1. The molecule has 1 saturated heterocycles. The lowest BCUT2D eigenvalue weighted by Crippen LogP contribution is -2.44. The van der Waals surface area contributed by atoms with Gasteiger partial charge in [-0.2, -0.15) is 0 Å². The van der Waals surface area contributed by atoms with E-state index < -0.39 is 0 Å². The molecule has 1 rings (SSSR count). The third-order valence-corrected chi connectivity index (χ3v) is 5.23. The van der Waals surface area contributed by atoms with E-state index in [-0.39, 0.29) is 24.0 Å². The summed E-state index contributed by atoms with van der Waals surface area (Å²) < 4.78 is 0. The summed E-state index contributed by atoms with van der Waals surface area (Å²) in [7, 11) is 4.07. The van der Waals surface area contributed by atoms with Gasteiger partial charge in [0.25, 0.3) is 0 Å². The van der Waals surface area contributed by atoms with E-state index in [9.17, 15) is 0 Å². The van der Waals surface area contributed by atoms with E-state index in [1.54, 1.807) is 0 Å². The molecular weight excluding hydrogens is 451 g/mol. The molecular formula is C20H45IN6. The van der Waals surface area contributed by atoms with Crippen molar-refractivity contribution in [3.05, 3.63) is 0 Å². The van der Waals surface area contributed by atoms with Crippen molar-refractivity contribution in [3.63, 3.8) is 0 Å². The fourth-order valence-corrected chi connectivity index (χ4v) is 3.54. The first kappa shape index (κ1) is 26.9. The molecule has 7 heteroatoms. The lowest BCUT2D eigenvalue weighted by Gasteiger charge is -2.32. The second-order valence-corrected chi connectivity index (χ2v) is 8.06. The van der Waals surface area contributed by atoms with Gasteiger partial charge < -0.3 is 20.4 Å². The van der Waals surface area contributed by atoms with Crippen LogP contribution in [0.5, 0.6) is 0 Å². The average molecular weight is 497 g/mol. The standard InChI is InChI=1S/C20H44N6.HI/c1-18(2)26(19(3)4)13-9-11-23-20(21-5)22-10-7-8-12-25-16-14-24(6)15-17-25;/h18-19H,7-17H2,1-6H3,(H2,21,22,23);1H. The van der Waals surface area contributed by atoms with Crippen molar-refractivity contribution in [2.45, 2.75) is 59.0 Å². The molecule has 162 valence electrons. The minimum Gasteiger partial charge on any atom is -0.356 e. The number of nitrogens with zero attached hydrogens (tertiary/aromatic N) is 4. The van der Waals surface area contributed by atoms with Crippen LogP contribution in [0.4, 0.5) is 0 Å². The maximum absolute atomic E-state index is 4.34. The zero-order valence-corrected chi connectivity index (χ0v) is 21.0. The predicted molar refractivity (Wildman–Crippen MR) is 130 cm³/mol. The molecule has 1 fully saturated rings. The van der Waals surface area contributed by atoms with Crippen LogP contribution in [0.3, 0.4) is 0 Å². The van der Waals surface area contributed by atoms with Gasteiger partial charge in [-0.1, -0.05) is 0 Å². The Morgan fingerprint density at radius 3 is 2.00 bits per heavy atom. The number of nitrogens with one attached hydrogen (secondary N) is 2. The van der Waals surface area contributed by atoms with Crippen LogP contribution in [0.1, 0.15) is 47.0 Å². The van der Waals surface area contributed by atoms with Gasteiger partial charge in [0.2, 0.25) is 0 Å². The summed E-state index contributed by atoms with van der Waals surface area (Å²) in [6.45, 7) is 18.3. The monoisotopic (exact) mass is 496 g/mol. The second-order valence-electron chi connectivity index (χ2n) is 8.06. The SMILES string of the molecule is CN=C(NCCCCN1CCN(C)CC1)NCCCN(C(C)C)C(C)C.I. The van der Waals surface area contributed by atoms with Crippen molar-refractivity contribution in [1.29, 1.82) is 0 Å². The normalized spacial score (nSPS) is 16.9. The van der Waals surface area contributed by atoms with E-state index >= 15 is 0 Å². The highest BCUT2D eigenvalue weighted by molar-refractivity contribution is 14.0. The quantitative estimate of drug-likeness (QED) is 0.199. The maximum Gasteiger partial charge on any atom is 0.190 e. The highest BCUT2D eigenvalue weighted by atomic mass is 127. The van der Waals surface area contributed by atoms with E-state index in [2.05, 4.69) is 65.1 Å². The lowest BCUT2D eigenvalue weighted by atomic mass is 10.2. The van der Waals surface area contributed by atoms with Crippen LogP contribution in [0, 0.1) is 0 Å². The van der Waals surface area contributed by atoms with E-state index in [4.69, 9.17) is 0 Å². The molecule has 1 aliphatic rings. The number of aliphatic imine (C=N–C) groups is 1. The molecule has 0 aliphatic carbocycles. The molecule has 0 amide bonds. The second kappa shape index (κ2) is 15.8. The summed E-state index contributed by atoms with van der Waals surface area (Å²) in [5.41, 5.74) is 0. The molecule has 2 N–H and O–H groups in total. The van der Waals surface area contributed by atoms with E-state index in [1.165, 1.54) is 45.6 Å². The lowest BCUT2D eigenvalue weighted by molar-refractivity contribution is 0.152. The van der Waals surface area contributed by atoms with Gasteiger partial charge in [-0.3, -0.25) is 9.89 Å². The summed E-state index contributed by atoms with van der Waals surface area (Å²) >= 11 is 0. The Hall–Kier alpha value is -0.120.